The first-order valence-electron chi connectivity index (χ1n) is 10.5. The normalized spacial score (nSPS) is 15.5. The first kappa shape index (κ1) is 21.6. The largest absolute Gasteiger partial charge is 0.496 e. The molecule has 0 amide bonds. The average molecular weight is 440 g/mol. The molecule has 0 aliphatic carbocycles. The van der Waals surface area contributed by atoms with Gasteiger partial charge in [0.25, 0.3) is 0 Å². The second-order valence-electron chi connectivity index (χ2n) is 8.03. The summed E-state index contributed by atoms with van der Waals surface area (Å²) in [5, 5.41) is 0. The molecule has 0 fully saturated rings. The molecule has 2 aromatic carbocycles. The van der Waals surface area contributed by atoms with E-state index >= 15 is 0 Å². The van der Waals surface area contributed by atoms with Crippen LogP contribution in [0.15, 0.2) is 65.7 Å². The van der Waals surface area contributed by atoms with Crippen molar-refractivity contribution in [2.45, 2.75) is 30.8 Å². The monoisotopic (exact) mass is 439 g/mol. The third kappa shape index (κ3) is 4.54. The Morgan fingerprint density at radius 1 is 1.10 bits per heavy atom. The number of benzene rings is 2. The van der Waals surface area contributed by atoms with E-state index in [1.807, 2.05) is 26.2 Å². The highest BCUT2D eigenvalue weighted by atomic mass is 32.2. The Morgan fingerprint density at radius 2 is 1.87 bits per heavy atom. The summed E-state index contributed by atoms with van der Waals surface area (Å²) in [4.78, 5) is 2.61. The molecule has 6 nitrogen and oxygen atoms in total. The van der Waals surface area contributed by atoms with Gasteiger partial charge in [0.15, 0.2) is 0 Å². The molecule has 1 aliphatic rings. The summed E-state index contributed by atoms with van der Waals surface area (Å²) in [6.45, 7) is 3.83. The van der Waals surface area contributed by atoms with E-state index in [9.17, 15) is 8.42 Å². The van der Waals surface area contributed by atoms with E-state index in [-0.39, 0.29) is 10.9 Å². The minimum absolute atomic E-state index is 0.0672. The van der Waals surface area contributed by atoms with Crippen LogP contribution in [-0.2, 0) is 30.0 Å². The number of hydrogen-bond acceptors (Lipinski definition) is 4. The molecule has 0 saturated heterocycles. The predicted molar refractivity (Wildman–Crippen MR) is 122 cm³/mol. The summed E-state index contributed by atoms with van der Waals surface area (Å²) in [6.07, 6.45) is 2.96. The SMILES string of the molecule is COc1ccc(S(=O)(=O)NCC(c2cccn2C)N2CCc3ccccc3C2)cc1C. The van der Waals surface area contributed by atoms with Crippen LogP contribution in [-0.4, -0.2) is 38.1 Å². The Kier molecular flexibility index (Phi) is 6.18. The van der Waals surface area contributed by atoms with Crippen LogP contribution in [0.4, 0.5) is 0 Å². The van der Waals surface area contributed by atoms with Crippen LogP contribution < -0.4 is 9.46 Å². The summed E-state index contributed by atoms with van der Waals surface area (Å²) in [7, 11) is -0.0665. The van der Waals surface area contributed by atoms with Crippen molar-refractivity contribution in [3.05, 3.63) is 83.2 Å². The van der Waals surface area contributed by atoms with E-state index in [2.05, 4.69) is 44.5 Å². The van der Waals surface area contributed by atoms with Gasteiger partial charge in [-0.1, -0.05) is 24.3 Å². The van der Waals surface area contributed by atoms with Crippen molar-refractivity contribution < 1.29 is 13.2 Å². The number of hydrogen-bond donors (Lipinski definition) is 1. The van der Waals surface area contributed by atoms with Gasteiger partial charge in [0.05, 0.1) is 18.0 Å². The van der Waals surface area contributed by atoms with E-state index in [1.54, 1.807) is 25.3 Å². The molecule has 7 heteroatoms. The lowest BCUT2D eigenvalue weighted by molar-refractivity contribution is 0.174. The minimum atomic E-state index is -3.65. The van der Waals surface area contributed by atoms with Crippen LogP contribution in [0.25, 0.3) is 0 Å². The molecule has 3 aromatic rings. The maximum atomic E-state index is 13.0. The van der Waals surface area contributed by atoms with Gasteiger partial charge < -0.3 is 9.30 Å². The molecule has 0 bridgehead atoms. The van der Waals surface area contributed by atoms with Gasteiger partial charge in [-0.3, -0.25) is 4.90 Å². The number of nitrogens with zero attached hydrogens (tertiary/aromatic N) is 2. The molecule has 1 aromatic heterocycles. The molecule has 1 aliphatic heterocycles. The van der Waals surface area contributed by atoms with Crippen molar-refractivity contribution in [1.29, 1.82) is 0 Å². The van der Waals surface area contributed by atoms with E-state index < -0.39 is 10.0 Å². The number of aromatic nitrogens is 1. The summed E-state index contributed by atoms with van der Waals surface area (Å²) in [5.74, 6) is 0.674. The second-order valence-corrected chi connectivity index (χ2v) is 9.80. The fourth-order valence-corrected chi connectivity index (χ4v) is 5.44. The third-order valence-electron chi connectivity index (χ3n) is 6.07. The van der Waals surface area contributed by atoms with Gasteiger partial charge in [-0.15, -0.1) is 0 Å². The molecule has 1 N–H and O–H groups in total. The van der Waals surface area contributed by atoms with Crippen molar-refractivity contribution in [3.8, 4) is 5.75 Å². The molecule has 1 atom stereocenters. The molecule has 31 heavy (non-hydrogen) atoms. The Bertz CT molecular complexity index is 1170. The van der Waals surface area contributed by atoms with Gasteiger partial charge in [-0.2, -0.15) is 0 Å². The molecule has 0 saturated carbocycles. The van der Waals surface area contributed by atoms with Gasteiger partial charge >= 0.3 is 0 Å². The number of sulfonamides is 1. The maximum Gasteiger partial charge on any atom is 0.240 e. The van der Waals surface area contributed by atoms with E-state index in [4.69, 9.17) is 4.74 Å². The zero-order chi connectivity index (χ0) is 22.0. The van der Waals surface area contributed by atoms with E-state index in [0.717, 1.165) is 30.8 Å². The van der Waals surface area contributed by atoms with E-state index in [0.29, 0.717) is 12.3 Å². The predicted octanol–water partition coefficient (Wildman–Crippen LogP) is 3.42. The number of ether oxygens (including phenoxy) is 1. The van der Waals surface area contributed by atoms with Crippen LogP contribution in [0.3, 0.4) is 0 Å². The van der Waals surface area contributed by atoms with Gasteiger partial charge in [-0.25, -0.2) is 13.1 Å². The Morgan fingerprint density at radius 3 is 2.55 bits per heavy atom. The Hall–Kier alpha value is -2.61. The molecule has 0 radical (unpaired) electrons. The van der Waals surface area contributed by atoms with Gasteiger partial charge in [0, 0.05) is 38.6 Å². The molecule has 164 valence electrons. The summed E-state index contributed by atoms with van der Waals surface area (Å²) >= 11 is 0. The van der Waals surface area contributed by atoms with Crippen molar-refractivity contribution in [1.82, 2.24) is 14.2 Å². The molecule has 1 unspecified atom stereocenters. The summed E-state index contributed by atoms with van der Waals surface area (Å²) in [6, 6.07) is 17.4. The highest BCUT2D eigenvalue weighted by Gasteiger charge is 2.28. The summed E-state index contributed by atoms with van der Waals surface area (Å²) in [5.41, 5.74) is 4.56. The second kappa shape index (κ2) is 8.86. The summed E-state index contributed by atoms with van der Waals surface area (Å²) < 4.78 is 36.3. The van der Waals surface area contributed by atoms with Gasteiger partial charge in [-0.05, 0) is 60.4 Å². The zero-order valence-corrected chi connectivity index (χ0v) is 19.0. The lowest BCUT2D eigenvalue weighted by Gasteiger charge is -2.36. The Labute approximate surface area is 184 Å². The van der Waals surface area contributed by atoms with Crippen LogP contribution in [0, 0.1) is 6.92 Å². The number of aryl methyl sites for hydroxylation is 2. The topological polar surface area (TPSA) is 63.6 Å². The molecular formula is C24H29N3O3S. The highest BCUT2D eigenvalue weighted by molar-refractivity contribution is 7.89. The lowest BCUT2D eigenvalue weighted by Crippen LogP contribution is -2.41. The van der Waals surface area contributed by atoms with Crippen molar-refractivity contribution in [2.24, 2.45) is 7.05 Å². The fourth-order valence-electron chi connectivity index (χ4n) is 4.31. The molecular weight excluding hydrogens is 410 g/mol. The first-order chi connectivity index (χ1) is 14.9. The first-order valence-corrected chi connectivity index (χ1v) is 11.9. The number of methoxy groups -OCH3 is 1. The van der Waals surface area contributed by atoms with E-state index in [1.165, 1.54) is 11.1 Å². The number of rotatable bonds is 7. The van der Waals surface area contributed by atoms with Crippen LogP contribution >= 0.6 is 0 Å². The maximum absolute atomic E-state index is 13.0. The molecule has 2 heterocycles. The fraction of sp³-hybridized carbons (Fsp3) is 0.333. The number of fused-ring (bicyclic) bond motifs is 1. The zero-order valence-electron chi connectivity index (χ0n) is 18.2. The van der Waals surface area contributed by atoms with Crippen LogP contribution in [0.2, 0.25) is 0 Å². The quantitative estimate of drug-likeness (QED) is 0.613. The molecule has 0 spiro atoms. The smallest absolute Gasteiger partial charge is 0.240 e. The Balaban J connectivity index is 1.57. The van der Waals surface area contributed by atoms with Gasteiger partial charge in [0.2, 0.25) is 10.0 Å². The van der Waals surface area contributed by atoms with Crippen molar-refractivity contribution >= 4 is 10.0 Å². The van der Waals surface area contributed by atoms with Crippen molar-refractivity contribution in [3.63, 3.8) is 0 Å². The number of nitrogens with one attached hydrogen (secondary N) is 1. The highest BCUT2D eigenvalue weighted by Crippen LogP contribution is 2.28. The van der Waals surface area contributed by atoms with Crippen molar-refractivity contribution in [2.75, 3.05) is 20.2 Å². The van der Waals surface area contributed by atoms with Crippen LogP contribution in [0.5, 0.6) is 5.75 Å². The lowest BCUT2D eigenvalue weighted by atomic mass is 9.98. The third-order valence-corrected chi connectivity index (χ3v) is 7.49. The molecule has 4 rings (SSSR count). The minimum Gasteiger partial charge on any atom is -0.496 e. The van der Waals surface area contributed by atoms with Crippen LogP contribution in [0.1, 0.15) is 28.4 Å². The van der Waals surface area contributed by atoms with Gasteiger partial charge in [0.1, 0.15) is 5.75 Å². The standard InChI is InChI=1S/C24H29N3O3S/c1-18-15-21(10-11-24(18)30-3)31(28,29)25-16-23(22-9-6-13-26(22)2)27-14-12-19-7-4-5-8-20(19)17-27/h4-11,13,15,23,25H,12,14,16-17H2,1-3H3. The average Bonchev–Trinajstić information content (AvgIpc) is 3.19.